The highest BCUT2D eigenvalue weighted by Crippen LogP contribution is 2.34. The smallest absolute Gasteiger partial charge is 0.306 e. The van der Waals surface area contributed by atoms with E-state index < -0.39 is 0 Å². The molecule has 2 aromatic heterocycles. The molecule has 0 saturated heterocycles. The van der Waals surface area contributed by atoms with Gasteiger partial charge in [0, 0.05) is 30.3 Å². The highest BCUT2D eigenvalue weighted by atomic mass is 32.2. The minimum absolute atomic E-state index is 0.00781. The molecule has 0 unspecified atom stereocenters. The van der Waals surface area contributed by atoms with Gasteiger partial charge >= 0.3 is 5.97 Å². The summed E-state index contributed by atoms with van der Waals surface area (Å²) in [6, 6.07) is 20.4. The Hall–Kier alpha value is -2.94. The van der Waals surface area contributed by atoms with Crippen LogP contribution in [0.3, 0.4) is 0 Å². The van der Waals surface area contributed by atoms with Crippen molar-refractivity contribution in [1.82, 2.24) is 14.5 Å². The number of hydrogen-bond acceptors (Lipinski definition) is 7. The van der Waals surface area contributed by atoms with Crippen LogP contribution in [-0.4, -0.2) is 39.8 Å². The standard InChI is InChI=1S/C27H27N3O3S2/c1-33-23(31)13-15-34-27-28-25-24(26(32)30(27)17-20-10-6-3-7-11-20)21-12-14-29(18-22(21)35-25)16-19-8-4-2-5-9-19/h2-11H,12-18H2,1H3. The first-order chi connectivity index (χ1) is 17.1. The normalized spacial score (nSPS) is 13.6. The van der Waals surface area contributed by atoms with Crippen molar-refractivity contribution in [1.29, 1.82) is 0 Å². The molecule has 3 heterocycles. The fourth-order valence-corrected chi connectivity index (χ4v) is 6.65. The first kappa shape index (κ1) is 23.8. The van der Waals surface area contributed by atoms with Crippen molar-refractivity contribution < 1.29 is 9.53 Å². The molecular weight excluding hydrogens is 478 g/mol. The molecule has 0 N–H and O–H groups in total. The number of esters is 1. The molecule has 0 atom stereocenters. The van der Waals surface area contributed by atoms with Gasteiger partial charge in [-0.25, -0.2) is 4.98 Å². The van der Waals surface area contributed by atoms with Crippen molar-refractivity contribution in [3.8, 4) is 0 Å². The van der Waals surface area contributed by atoms with Crippen molar-refractivity contribution in [2.24, 2.45) is 0 Å². The molecule has 8 heteroatoms. The number of hydrogen-bond donors (Lipinski definition) is 0. The van der Waals surface area contributed by atoms with E-state index in [2.05, 4.69) is 29.2 Å². The molecule has 2 aromatic carbocycles. The number of carbonyl (C=O) groups excluding carboxylic acids is 1. The maximum atomic E-state index is 13.8. The molecule has 180 valence electrons. The van der Waals surface area contributed by atoms with Gasteiger partial charge in [0.25, 0.3) is 5.56 Å². The van der Waals surface area contributed by atoms with Gasteiger partial charge in [-0.3, -0.25) is 19.1 Å². The average Bonchev–Trinajstić information content (AvgIpc) is 3.25. The van der Waals surface area contributed by atoms with Gasteiger partial charge in [-0.2, -0.15) is 0 Å². The zero-order chi connectivity index (χ0) is 24.2. The van der Waals surface area contributed by atoms with Crippen molar-refractivity contribution >= 4 is 39.3 Å². The molecule has 0 aliphatic carbocycles. The summed E-state index contributed by atoms with van der Waals surface area (Å²) in [5.41, 5.74) is 3.50. The Labute approximate surface area is 212 Å². The topological polar surface area (TPSA) is 64.4 Å². The SMILES string of the molecule is COC(=O)CCSc1nc2sc3c(c2c(=O)n1Cc1ccccc1)CCN(Cc1ccccc1)C3. The maximum absolute atomic E-state index is 13.8. The number of benzene rings is 2. The molecule has 0 radical (unpaired) electrons. The van der Waals surface area contributed by atoms with Gasteiger partial charge in [0.05, 0.1) is 25.5 Å². The van der Waals surface area contributed by atoms with E-state index in [1.165, 1.54) is 29.3 Å². The number of thioether (sulfide) groups is 1. The predicted octanol–water partition coefficient (Wildman–Crippen LogP) is 4.72. The van der Waals surface area contributed by atoms with E-state index >= 15 is 0 Å². The Morgan fingerprint density at radius 3 is 2.43 bits per heavy atom. The zero-order valence-corrected chi connectivity index (χ0v) is 21.2. The van der Waals surface area contributed by atoms with Crippen LogP contribution in [0.5, 0.6) is 0 Å². The first-order valence-electron chi connectivity index (χ1n) is 11.7. The van der Waals surface area contributed by atoms with Gasteiger partial charge in [0.15, 0.2) is 5.16 Å². The second kappa shape index (κ2) is 10.8. The molecule has 1 aliphatic rings. The highest BCUT2D eigenvalue weighted by Gasteiger charge is 2.25. The highest BCUT2D eigenvalue weighted by molar-refractivity contribution is 7.99. The summed E-state index contributed by atoms with van der Waals surface area (Å²) >= 11 is 3.07. The van der Waals surface area contributed by atoms with Gasteiger partial charge < -0.3 is 4.74 Å². The van der Waals surface area contributed by atoms with Gasteiger partial charge in [-0.1, -0.05) is 72.4 Å². The van der Waals surface area contributed by atoms with E-state index in [9.17, 15) is 9.59 Å². The monoisotopic (exact) mass is 505 g/mol. The molecular formula is C27H27N3O3S2. The second-order valence-corrected chi connectivity index (χ2v) is 10.7. The van der Waals surface area contributed by atoms with Crippen LogP contribution in [0.15, 0.2) is 70.6 Å². The molecule has 6 nitrogen and oxygen atoms in total. The largest absolute Gasteiger partial charge is 0.469 e. The van der Waals surface area contributed by atoms with E-state index in [4.69, 9.17) is 9.72 Å². The Morgan fingerprint density at radius 2 is 1.74 bits per heavy atom. The third-order valence-corrected chi connectivity index (χ3v) is 8.29. The lowest BCUT2D eigenvalue weighted by Gasteiger charge is -2.26. The Kier molecular flexibility index (Phi) is 7.32. The lowest BCUT2D eigenvalue weighted by atomic mass is 10.0. The molecule has 1 aliphatic heterocycles. The number of methoxy groups -OCH3 is 1. The van der Waals surface area contributed by atoms with Crippen LogP contribution in [0.1, 0.15) is 28.0 Å². The number of nitrogens with zero attached hydrogens (tertiary/aromatic N) is 3. The summed E-state index contributed by atoms with van der Waals surface area (Å²) in [7, 11) is 1.39. The van der Waals surface area contributed by atoms with E-state index in [0.29, 0.717) is 17.5 Å². The minimum atomic E-state index is -0.263. The van der Waals surface area contributed by atoms with Crippen LogP contribution in [0.2, 0.25) is 0 Å². The maximum Gasteiger partial charge on any atom is 0.306 e. The minimum Gasteiger partial charge on any atom is -0.469 e. The van der Waals surface area contributed by atoms with Gasteiger partial charge in [0.2, 0.25) is 0 Å². The van der Waals surface area contributed by atoms with E-state index in [1.807, 2.05) is 36.4 Å². The van der Waals surface area contributed by atoms with Crippen LogP contribution in [0.25, 0.3) is 10.2 Å². The third-order valence-electron chi connectivity index (χ3n) is 6.20. The molecule has 0 spiro atoms. The van der Waals surface area contributed by atoms with Gasteiger partial charge in [-0.15, -0.1) is 11.3 Å². The summed E-state index contributed by atoms with van der Waals surface area (Å²) < 4.78 is 6.54. The van der Waals surface area contributed by atoms with E-state index in [0.717, 1.165) is 47.4 Å². The van der Waals surface area contributed by atoms with Gasteiger partial charge in [0.1, 0.15) is 4.83 Å². The van der Waals surface area contributed by atoms with Crippen molar-refractivity contribution in [2.75, 3.05) is 19.4 Å². The average molecular weight is 506 g/mol. The van der Waals surface area contributed by atoms with Crippen molar-refractivity contribution in [3.63, 3.8) is 0 Å². The number of aromatic nitrogens is 2. The predicted molar refractivity (Wildman–Crippen MR) is 141 cm³/mol. The van der Waals surface area contributed by atoms with Crippen molar-refractivity contribution in [3.05, 3.63) is 92.6 Å². The Morgan fingerprint density at radius 1 is 1.06 bits per heavy atom. The Bertz CT molecular complexity index is 1380. The number of thiophene rings is 1. The first-order valence-corrected chi connectivity index (χ1v) is 13.5. The van der Waals surface area contributed by atoms with Crippen LogP contribution in [0.4, 0.5) is 0 Å². The number of ether oxygens (including phenoxy) is 1. The lowest BCUT2D eigenvalue weighted by Crippen LogP contribution is -2.30. The molecule has 4 aromatic rings. The summed E-state index contributed by atoms with van der Waals surface area (Å²) in [6.45, 7) is 3.10. The second-order valence-electron chi connectivity index (χ2n) is 8.58. The van der Waals surface area contributed by atoms with E-state index in [1.54, 1.807) is 15.9 Å². The quantitative estimate of drug-likeness (QED) is 0.196. The fourth-order valence-electron chi connectivity index (χ4n) is 4.43. The summed E-state index contributed by atoms with van der Waals surface area (Å²) in [4.78, 5) is 34.9. The van der Waals surface area contributed by atoms with Gasteiger partial charge in [-0.05, 0) is 23.1 Å². The zero-order valence-electron chi connectivity index (χ0n) is 19.6. The summed E-state index contributed by atoms with van der Waals surface area (Å²) in [6.07, 6.45) is 1.12. The Balaban J connectivity index is 1.48. The molecule has 0 amide bonds. The molecule has 5 rings (SSSR count). The van der Waals surface area contributed by atoms with Crippen LogP contribution < -0.4 is 5.56 Å². The fraction of sp³-hybridized carbons (Fsp3) is 0.296. The lowest BCUT2D eigenvalue weighted by molar-refractivity contribution is -0.140. The van der Waals surface area contributed by atoms with Crippen LogP contribution >= 0.6 is 23.1 Å². The summed E-state index contributed by atoms with van der Waals surface area (Å²) in [5.74, 6) is 0.246. The number of rotatable bonds is 8. The van der Waals surface area contributed by atoms with Crippen LogP contribution in [-0.2, 0) is 35.6 Å². The number of carbonyl (C=O) groups is 1. The summed E-state index contributed by atoms with van der Waals surface area (Å²) in [5, 5.41) is 1.41. The third kappa shape index (κ3) is 5.34. The molecule has 0 fully saturated rings. The molecule has 35 heavy (non-hydrogen) atoms. The van der Waals surface area contributed by atoms with Crippen molar-refractivity contribution in [2.45, 2.75) is 37.6 Å². The number of fused-ring (bicyclic) bond motifs is 3. The molecule has 0 bridgehead atoms. The molecule has 0 saturated carbocycles. The van der Waals surface area contributed by atoms with Crippen LogP contribution in [0, 0.1) is 0 Å². The van der Waals surface area contributed by atoms with E-state index in [-0.39, 0.29) is 17.9 Å².